The van der Waals surface area contributed by atoms with Gasteiger partial charge in [0.2, 0.25) is 11.8 Å². The summed E-state index contributed by atoms with van der Waals surface area (Å²) in [5.41, 5.74) is 16.5. The Bertz CT molecular complexity index is 515. The van der Waals surface area contributed by atoms with E-state index in [1.165, 1.54) is 18.2 Å². The number of amides is 3. The molecule has 0 heterocycles. The van der Waals surface area contributed by atoms with E-state index < -0.39 is 17.7 Å². The van der Waals surface area contributed by atoms with E-state index >= 15 is 0 Å². The van der Waals surface area contributed by atoms with Crippen molar-refractivity contribution in [3.8, 4) is 0 Å². The van der Waals surface area contributed by atoms with Gasteiger partial charge in [0.05, 0.1) is 24.5 Å². The van der Waals surface area contributed by atoms with Gasteiger partial charge in [0, 0.05) is 5.56 Å². The van der Waals surface area contributed by atoms with E-state index in [1.807, 2.05) is 0 Å². The number of hydrogen-bond donors (Lipinski definition) is 5. The molecule has 1 aromatic carbocycles. The smallest absolute Gasteiger partial charge is 0.251 e. The molecule has 0 fully saturated rings. The Kier molecular flexibility index (Phi) is 4.84. The molecule has 0 saturated carbocycles. The number of anilines is 2. The quantitative estimate of drug-likeness (QED) is 0.405. The van der Waals surface area contributed by atoms with Crippen molar-refractivity contribution in [3.05, 3.63) is 23.8 Å². The van der Waals surface area contributed by atoms with Crippen LogP contribution in [-0.4, -0.2) is 30.8 Å². The average molecular weight is 265 g/mol. The topological polar surface area (TPSA) is 153 Å². The van der Waals surface area contributed by atoms with Crippen LogP contribution in [0.15, 0.2) is 18.2 Å². The van der Waals surface area contributed by atoms with Crippen LogP contribution in [0, 0.1) is 0 Å². The molecule has 8 nitrogen and oxygen atoms in total. The number of benzene rings is 1. The molecule has 0 aromatic heterocycles. The Morgan fingerprint density at radius 1 is 1.21 bits per heavy atom. The molecule has 1 aromatic rings. The molecule has 0 unspecified atom stereocenters. The molecule has 0 atom stereocenters. The molecule has 0 bridgehead atoms. The lowest BCUT2D eigenvalue weighted by Crippen LogP contribution is -2.33. The highest BCUT2D eigenvalue weighted by molar-refractivity contribution is 6.00. The third-order valence-corrected chi connectivity index (χ3v) is 2.20. The van der Waals surface area contributed by atoms with Crippen molar-refractivity contribution in [3.63, 3.8) is 0 Å². The number of hydrogen-bond acceptors (Lipinski definition) is 5. The van der Waals surface area contributed by atoms with Crippen molar-refractivity contribution < 1.29 is 14.4 Å². The summed E-state index contributed by atoms with van der Waals surface area (Å²) >= 11 is 0. The maximum Gasteiger partial charge on any atom is 0.251 e. The predicted octanol–water partition coefficient (Wildman–Crippen LogP) is -1.62. The van der Waals surface area contributed by atoms with Crippen molar-refractivity contribution in [2.75, 3.05) is 24.1 Å². The summed E-state index contributed by atoms with van der Waals surface area (Å²) in [6, 6.07) is 4.31. The molecule has 8 heteroatoms. The van der Waals surface area contributed by atoms with E-state index in [4.69, 9.17) is 17.2 Å². The van der Waals surface area contributed by atoms with Crippen LogP contribution in [0.5, 0.6) is 0 Å². The summed E-state index contributed by atoms with van der Waals surface area (Å²) in [5, 5.41) is 4.78. The molecular formula is C11H15N5O3. The number of primary amides is 1. The molecular weight excluding hydrogens is 250 g/mol. The average Bonchev–Trinajstić information content (AvgIpc) is 2.38. The van der Waals surface area contributed by atoms with E-state index in [2.05, 4.69) is 10.6 Å². The van der Waals surface area contributed by atoms with Gasteiger partial charge in [-0.25, -0.2) is 0 Å². The van der Waals surface area contributed by atoms with Crippen LogP contribution in [-0.2, 0) is 9.59 Å². The lowest BCUT2D eigenvalue weighted by molar-refractivity contribution is -0.117. The fourth-order valence-corrected chi connectivity index (χ4v) is 1.28. The number of nitrogens with one attached hydrogen (secondary N) is 2. The third kappa shape index (κ3) is 4.28. The van der Waals surface area contributed by atoms with Crippen LogP contribution >= 0.6 is 0 Å². The molecule has 19 heavy (non-hydrogen) atoms. The van der Waals surface area contributed by atoms with Gasteiger partial charge in [-0.2, -0.15) is 0 Å². The second-order valence-electron chi connectivity index (χ2n) is 3.70. The zero-order chi connectivity index (χ0) is 14.4. The van der Waals surface area contributed by atoms with Gasteiger partial charge in [-0.1, -0.05) is 0 Å². The Morgan fingerprint density at radius 2 is 1.89 bits per heavy atom. The third-order valence-electron chi connectivity index (χ3n) is 2.20. The van der Waals surface area contributed by atoms with Crippen molar-refractivity contribution in [2.24, 2.45) is 11.5 Å². The first-order chi connectivity index (χ1) is 8.93. The largest absolute Gasteiger partial charge is 0.397 e. The van der Waals surface area contributed by atoms with Crippen LogP contribution in [0.4, 0.5) is 11.4 Å². The van der Waals surface area contributed by atoms with Gasteiger partial charge in [-0.15, -0.1) is 0 Å². The predicted molar refractivity (Wildman–Crippen MR) is 70.1 cm³/mol. The van der Waals surface area contributed by atoms with Gasteiger partial charge in [-0.3, -0.25) is 14.4 Å². The zero-order valence-electron chi connectivity index (χ0n) is 10.1. The standard InChI is InChI=1S/C11H15N5O3/c12-4-10(18)16-8-3-6(1-2-7(8)13)11(19)15-5-9(14)17/h1-3H,4-5,12-13H2,(H2,14,17)(H,15,19)(H,16,18). The molecule has 8 N–H and O–H groups in total. The number of carbonyl (C=O) groups excluding carboxylic acids is 3. The maximum absolute atomic E-state index is 11.7. The highest BCUT2D eigenvalue weighted by Gasteiger charge is 2.10. The van der Waals surface area contributed by atoms with E-state index in [9.17, 15) is 14.4 Å². The van der Waals surface area contributed by atoms with Gasteiger partial charge in [0.1, 0.15) is 0 Å². The molecule has 1 rings (SSSR count). The molecule has 0 spiro atoms. The molecule has 0 aliphatic carbocycles. The molecule has 3 amide bonds. The summed E-state index contributed by atoms with van der Waals surface area (Å²) in [6.07, 6.45) is 0. The summed E-state index contributed by atoms with van der Waals surface area (Å²) < 4.78 is 0. The zero-order valence-corrected chi connectivity index (χ0v) is 10.1. The fraction of sp³-hybridized carbons (Fsp3) is 0.182. The lowest BCUT2D eigenvalue weighted by atomic mass is 10.1. The van der Waals surface area contributed by atoms with Gasteiger partial charge in [0.15, 0.2) is 0 Å². The Morgan fingerprint density at radius 3 is 2.47 bits per heavy atom. The van der Waals surface area contributed by atoms with Gasteiger partial charge >= 0.3 is 0 Å². The highest BCUT2D eigenvalue weighted by atomic mass is 16.2. The summed E-state index contributed by atoms with van der Waals surface area (Å²) in [5.74, 6) is -1.58. The van der Waals surface area contributed by atoms with Crippen LogP contribution in [0.25, 0.3) is 0 Å². The number of nitrogens with two attached hydrogens (primary N) is 3. The van der Waals surface area contributed by atoms with E-state index in [0.29, 0.717) is 5.69 Å². The van der Waals surface area contributed by atoms with Gasteiger partial charge in [-0.05, 0) is 18.2 Å². The first-order valence-corrected chi connectivity index (χ1v) is 5.40. The molecule has 0 aliphatic rings. The minimum Gasteiger partial charge on any atom is -0.397 e. The van der Waals surface area contributed by atoms with E-state index in [0.717, 1.165) is 0 Å². The first-order valence-electron chi connectivity index (χ1n) is 5.40. The van der Waals surface area contributed by atoms with Crippen LogP contribution in [0.2, 0.25) is 0 Å². The van der Waals surface area contributed by atoms with Gasteiger partial charge < -0.3 is 27.8 Å². The fourth-order valence-electron chi connectivity index (χ4n) is 1.28. The second-order valence-corrected chi connectivity index (χ2v) is 3.70. The number of carbonyl (C=O) groups is 3. The van der Waals surface area contributed by atoms with Crippen LogP contribution in [0.1, 0.15) is 10.4 Å². The van der Waals surface area contributed by atoms with E-state index in [1.54, 1.807) is 0 Å². The monoisotopic (exact) mass is 265 g/mol. The Labute approximate surface area is 109 Å². The summed E-state index contributed by atoms with van der Waals surface area (Å²) in [6.45, 7) is -0.467. The summed E-state index contributed by atoms with van der Waals surface area (Å²) in [4.78, 5) is 33.4. The number of nitrogen functional groups attached to an aromatic ring is 1. The van der Waals surface area contributed by atoms with Crippen molar-refractivity contribution >= 4 is 29.1 Å². The normalized spacial score (nSPS) is 9.74. The minimum atomic E-state index is -0.652. The van der Waals surface area contributed by atoms with Crippen molar-refractivity contribution in [1.82, 2.24) is 5.32 Å². The first kappa shape index (κ1) is 14.5. The maximum atomic E-state index is 11.7. The molecule has 0 radical (unpaired) electrons. The number of rotatable bonds is 5. The SMILES string of the molecule is NCC(=O)Nc1cc(C(=O)NCC(N)=O)ccc1N. The van der Waals surface area contributed by atoms with Crippen LogP contribution in [0.3, 0.4) is 0 Å². The highest BCUT2D eigenvalue weighted by Crippen LogP contribution is 2.19. The Hall–Kier alpha value is -2.61. The minimum absolute atomic E-state index is 0.197. The molecule has 0 aliphatic heterocycles. The molecule has 102 valence electrons. The van der Waals surface area contributed by atoms with Crippen molar-refractivity contribution in [1.29, 1.82) is 0 Å². The Balaban J connectivity index is 2.86. The molecule has 0 saturated heterocycles. The van der Waals surface area contributed by atoms with Crippen LogP contribution < -0.4 is 27.8 Å². The second kappa shape index (κ2) is 6.36. The lowest BCUT2D eigenvalue weighted by Gasteiger charge is -2.09. The van der Waals surface area contributed by atoms with Crippen molar-refractivity contribution in [2.45, 2.75) is 0 Å². The summed E-state index contributed by atoms with van der Waals surface area (Å²) in [7, 11) is 0. The van der Waals surface area contributed by atoms with Gasteiger partial charge in [0.25, 0.3) is 5.91 Å². The van der Waals surface area contributed by atoms with E-state index in [-0.39, 0.29) is 24.3 Å².